The molecule has 1 heterocycles. The molecule has 0 N–H and O–H groups in total. The Labute approximate surface area is 251 Å². The number of likely N-dealkylation sites (N-methyl/N-ethyl adjacent to an activating group) is 1. The highest BCUT2D eigenvalue weighted by Crippen LogP contribution is 2.46. The lowest BCUT2D eigenvalue weighted by Gasteiger charge is -2.38. The van der Waals surface area contributed by atoms with E-state index in [-0.39, 0.29) is 22.9 Å². The van der Waals surface area contributed by atoms with E-state index < -0.39 is 10.0 Å². The van der Waals surface area contributed by atoms with E-state index in [4.69, 9.17) is 4.74 Å². The fraction of sp³-hybridized carbons (Fsp3) is 0.486. The lowest BCUT2D eigenvalue weighted by molar-refractivity contribution is 0.0464. The molecule has 1 aliphatic carbocycles. The summed E-state index contributed by atoms with van der Waals surface area (Å²) in [7, 11) is -2.16. The zero-order chi connectivity index (χ0) is 30.2. The van der Waals surface area contributed by atoms with Crippen LogP contribution in [0.15, 0.2) is 71.6 Å². The number of hydrogen-bond donors (Lipinski definition) is 0. The summed E-state index contributed by atoms with van der Waals surface area (Å²) in [6, 6.07) is 19.7. The van der Waals surface area contributed by atoms with E-state index in [2.05, 4.69) is 39.5 Å². The first kappa shape index (κ1) is 30.6. The summed E-state index contributed by atoms with van der Waals surface area (Å²) < 4.78 is 51.1. The number of halogens is 1. The first-order valence-corrected chi connectivity index (χ1v) is 16.8. The molecule has 5 rings (SSSR count). The van der Waals surface area contributed by atoms with Crippen molar-refractivity contribution >= 4 is 21.4 Å². The number of hydrogen-bond acceptors (Lipinski definition) is 4. The molecule has 3 aromatic carbocycles. The van der Waals surface area contributed by atoms with Gasteiger partial charge in [0.2, 0.25) is 10.0 Å². The van der Waals surface area contributed by atoms with Crippen molar-refractivity contribution in [3.8, 4) is 16.9 Å². The van der Waals surface area contributed by atoms with Crippen molar-refractivity contribution in [2.24, 2.45) is 23.7 Å². The third-order valence-electron chi connectivity index (χ3n) is 9.12. The number of para-hydroxylation sites is 1. The average molecular weight is 593 g/mol. The van der Waals surface area contributed by atoms with Gasteiger partial charge in [0.15, 0.2) is 0 Å². The van der Waals surface area contributed by atoms with Gasteiger partial charge in [0.05, 0.1) is 5.69 Å². The zero-order valence-corrected chi connectivity index (χ0v) is 26.6. The molecule has 4 atom stereocenters. The molecule has 1 aliphatic heterocycles. The Balaban J connectivity index is 1.73. The summed E-state index contributed by atoms with van der Waals surface area (Å²) in [5, 5.41) is 0. The van der Waals surface area contributed by atoms with E-state index in [0.717, 1.165) is 30.5 Å². The van der Waals surface area contributed by atoms with Crippen molar-refractivity contribution in [1.82, 2.24) is 4.31 Å². The fourth-order valence-corrected chi connectivity index (χ4v) is 8.28. The van der Waals surface area contributed by atoms with E-state index >= 15 is 0 Å². The third-order valence-corrected chi connectivity index (χ3v) is 11.1. The molecule has 42 heavy (non-hydrogen) atoms. The molecule has 2 aliphatic rings. The van der Waals surface area contributed by atoms with Gasteiger partial charge in [0.25, 0.3) is 0 Å². The maximum absolute atomic E-state index is 14.3. The lowest BCUT2D eigenvalue weighted by atomic mass is 9.75. The van der Waals surface area contributed by atoms with E-state index in [0.29, 0.717) is 47.2 Å². The van der Waals surface area contributed by atoms with Crippen molar-refractivity contribution in [1.29, 1.82) is 0 Å². The molecule has 0 aromatic heterocycles. The topological polar surface area (TPSA) is 49.9 Å². The van der Waals surface area contributed by atoms with Crippen LogP contribution < -0.4 is 9.64 Å². The highest BCUT2D eigenvalue weighted by Gasteiger charge is 2.39. The van der Waals surface area contributed by atoms with E-state index in [1.54, 1.807) is 29.6 Å². The van der Waals surface area contributed by atoms with E-state index in [1.807, 2.05) is 36.4 Å². The normalized spacial score (nSPS) is 24.5. The summed E-state index contributed by atoms with van der Waals surface area (Å²) >= 11 is 0. The number of fused-ring (bicyclic) bond motifs is 1. The molecule has 7 heteroatoms. The summed E-state index contributed by atoms with van der Waals surface area (Å²) in [4.78, 5) is 2.37. The molecule has 0 bridgehead atoms. The molecule has 0 spiro atoms. The summed E-state index contributed by atoms with van der Waals surface area (Å²) in [5.74, 6) is 2.04. The fourth-order valence-electron chi connectivity index (χ4n) is 6.73. The van der Waals surface area contributed by atoms with Crippen LogP contribution in [0.4, 0.5) is 15.8 Å². The molecule has 1 fully saturated rings. The third kappa shape index (κ3) is 6.23. The lowest BCUT2D eigenvalue weighted by Crippen LogP contribution is -2.41. The van der Waals surface area contributed by atoms with Gasteiger partial charge in [-0.05, 0) is 78.8 Å². The monoisotopic (exact) mass is 592 g/mol. The number of ether oxygens (including phenoxy) is 1. The standard InChI is InChI=1S/C35H45FN2O3S/c1-23(2)18-29-22-38(28-10-8-7-9-11-28)32-21-34(41-33-19-25(5)12-17-30(33)24(3)4)31(26-13-15-27(36)16-14-26)20-35(32)42(39,40)37(29)6/h7-11,13-16,20-21,23-25,29-30,33H,12,17-19,22H2,1-6H3/t25-,29-,30+,33-/m1/s1. The molecular weight excluding hydrogens is 547 g/mol. The van der Waals surface area contributed by atoms with Crippen LogP contribution in [0.5, 0.6) is 5.75 Å². The number of anilines is 2. The van der Waals surface area contributed by atoms with Gasteiger partial charge in [-0.2, -0.15) is 4.31 Å². The van der Waals surface area contributed by atoms with Gasteiger partial charge < -0.3 is 9.64 Å². The Morgan fingerprint density at radius 1 is 0.976 bits per heavy atom. The van der Waals surface area contributed by atoms with Crippen molar-refractivity contribution in [2.45, 2.75) is 77.3 Å². The molecule has 0 saturated heterocycles. The van der Waals surface area contributed by atoms with E-state index in [1.165, 1.54) is 18.6 Å². The number of benzene rings is 3. The minimum absolute atomic E-state index is 0.00919. The Hall–Kier alpha value is -2.90. The van der Waals surface area contributed by atoms with Gasteiger partial charge in [0.1, 0.15) is 22.6 Å². The highest BCUT2D eigenvalue weighted by atomic mass is 32.2. The van der Waals surface area contributed by atoms with Crippen LogP contribution in [0, 0.1) is 29.5 Å². The summed E-state index contributed by atoms with van der Waals surface area (Å²) in [6.45, 7) is 11.6. The SMILES string of the molecule is CC(C)C[C@@H]1CN(c2ccccc2)c2cc(O[C@@H]3C[C@H](C)CC[C@H]3C(C)C)c(-c3ccc(F)cc3)cc2S(=O)(=O)N1C. The van der Waals surface area contributed by atoms with Gasteiger partial charge in [-0.15, -0.1) is 0 Å². The summed E-state index contributed by atoms with van der Waals surface area (Å²) in [5.41, 5.74) is 2.95. The van der Waals surface area contributed by atoms with Crippen molar-refractivity contribution in [3.63, 3.8) is 0 Å². The molecule has 3 aromatic rings. The maximum Gasteiger partial charge on any atom is 0.245 e. The Bertz CT molecular complexity index is 1470. The Morgan fingerprint density at radius 3 is 2.31 bits per heavy atom. The van der Waals surface area contributed by atoms with Crippen molar-refractivity contribution < 1.29 is 17.5 Å². The molecule has 0 amide bonds. The molecule has 0 unspecified atom stereocenters. The smallest absolute Gasteiger partial charge is 0.245 e. The first-order chi connectivity index (χ1) is 20.0. The van der Waals surface area contributed by atoms with Crippen LogP contribution in [-0.2, 0) is 10.0 Å². The molecular formula is C35H45FN2O3S. The van der Waals surface area contributed by atoms with Gasteiger partial charge in [-0.1, -0.05) is 71.4 Å². The number of rotatable bonds is 7. The van der Waals surface area contributed by atoms with Crippen LogP contribution >= 0.6 is 0 Å². The van der Waals surface area contributed by atoms with Gasteiger partial charge in [-0.3, -0.25) is 0 Å². The van der Waals surface area contributed by atoms with Crippen molar-refractivity contribution in [2.75, 3.05) is 18.5 Å². The van der Waals surface area contributed by atoms with Crippen LogP contribution in [0.3, 0.4) is 0 Å². The van der Waals surface area contributed by atoms with Crippen LogP contribution in [0.1, 0.15) is 60.3 Å². The predicted molar refractivity (Wildman–Crippen MR) is 169 cm³/mol. The van der Waals surface area contributed by atoms with Crippen LogP contribution in [0.25, 0.3) is 11.1 Å². The molecule has 0 radical (unpaired) electrons. The molecule has 1 saturated carbocycles. The quantitative estimate of drug-likeness (QED) is 0.276. The number of sulfonamides is 1. The largest absolute Gasteiger partial charge is 0.489 e. The Morgan fingerprint density at radius 2 is 1.67 bits per heavy atom. The Kier molecular flexibility index (Phi) is 9.00. The number of nitrogens with zero attached hydrogens (tertiary/aromatic N) is 2. The summed E-state index contributed by atoms with van der Waals surface area (Å²) in [6.07, 6.45) is 3.98. The maximum atomic E-state index is 14.3. The van der Waals surface area contributed by atoms with Gasteiger partial charge >= 0.3 is 0 Å². The highest BCUT2D eigenvalue weighted by molar-refractivity contribution is 7.89. The van der Waals surface area contributed by atoms with Crippen LogP contribution in [0.2, 0.25) is 0 Å². The molecule has 226 valence electrons. The zero-order valence-electron chi connectivity index (χ0n) is 25.8. The van der Waals surface area contributed by atoms with Crippen molar-refractivity contribution in [3.05, 3.63) is 72.5 Å². The second kappa shape index (κ2) is 12.4. The predicted octanol–water partition coefficient (Wildman–Crippen LogP) is 8.52. The second-order valence-corrected chi connectivity index (χ2v) is 15.0. The molecule has 5 nitrogen and oxygen atoms in total. The minimum atomic E-state index is -3.85. The van der Waals surface area contributed by atoms with E-state index in [9.17, 15) is 12.8 Å². The second-order valence-electron chi connectivity index (χ2n) is 13.1. The average Bonchev–Trinajstić information content (AvgIpc) is 3.02. The van der Waals surface area contributed by atoms with Crippen LogP contribution in [-0.4, -0.2) is 38.5 Å². The first-order valence-electron chi connectivity index (χ1n) is 15.4. The van der Waals surface area contributed by atoms with Gasteiger partial charge in [0, 0.05) is 37.0 Å². The van der Waals surface area contributed by atoms with Gasteiger partial charge in [-0.25, -0.2) is 12.8 Å². The minimum Gasteiger partial charge on any atom is -0.489 e.